The summed E-state index contributed by atoms with van der Waals surface area (Å²) in [6.45, 7) is 10.1. The second kappa shape index (κ2) is 7.40. The van der Waals surface area contributed by atoms with Crippen molar-refractivity contribution in [3.05, 3.63) is 45.7 Å². The Kier molecular flexibility index (Phi) is 5.23. The third-order valence-corrected chi connectivity index (χ3v) is 4.95. The predicted octanol–water partition coefficient (Wildman–Crippen LogP) is 2.39. The highest BCUT2D eigenvalue weighted by atomic mass is 16.2. The summed E-state index contributed by atoms with van der Waals surface area (Å²) in [4.78, 5) is 31.4. The van der Waals surface area contributed by atoms with Gasteiger partial charge in [-0.05, 0) is 29.5 Å². The number of nitrogens with zero attached hydrogens (tertiary/aromatic N) is 2. The Labute approximate surface area is 148 Å². The fourth-order valence-corrected chi connectivity index (χ4v) is 3.40. The molecule has 0 saturated carbocycles. The Morgan fingerprint density at radius 2 is 1.88 bits per heavy atom. The highest BCUT2D eigenvalue weighted by Gasteiger charge is 2.22. The van der Waals surface area contributed by atoms with Gasteiger partial charge in [-0.3, -0.25) is 14.5 Å². The normalized spacial score (nSPS) is 15.9. The minimum absolute atomic E-state index is 0.00737. The number of amides is 1. The molecule has 2 heterocycles. The number of rotatable bonds is 4. The van der Waals surface area contributed by atoms with Gasteiger partial charge >= 0.3 is 0 Å². The Morgan fingerprint density at radius 1 is 1.16 bits per heavy atom. The van der Waals surface area contributed by atoms with Crippen LogP contribution >= 0.6 is 0 Å². The van der Waals surface area contributed by atoms with Gasteiger partial charge in [0.15, 0.2) is 0 Å². The van der Waals surface area contributed by atoms with Crippen molar-refractivity contribution in [2.45, 2.75) is 33.7 Å². The summed E-state index contributed by atoms with van der Waals surface area (Å²) in [7, 11) is 0. The van der Waals surface area contributed by atoms with E-state index in [1.807, 2.05) is 31.7 Å². The largest absolute Gasteiger partial charge is 0.340 e. The first kappa shape index (κ1) is 17.7. The quantitative estimate of drug-likeness (QED) is 0.929. The molecule has 3 rings (SSSR count). The maximum atomic E-state index is 12.1. The molecule has 1 amide bonds. The van der Waals surface area contributed by atoms with Crippen molar-refractivity contribution < 1.29 is 4.79 Å². The molecule has 0 spiro atoms. The molecule has 25 heavy (non-hydrogen) atoms. The predicted molar refractivity (Wildman–Crippen MR) is 101 cm³/mol. The summed E-state index contributed by atoms with van der Waals surface area (Å²) >= 11 is 0. The van der Waals surface area contributed by atoms with Gasteiger partial charge in [-0.2, -0.15) is 0 Å². The van der Waals surface area contributed by atoms with Crippen LogP contribution in [0.3, 0.4) is 0 Å². The molecule has 0 aliphatic carbocycles. The van der Waals surface area contributed by atoms with Crippen LogP contribution in [0.1, 0.15) is 31.9 Å². The molecule has 0 unspecified atom stereocenters. The molecule has 134 valence electrons. The number of aromatic amines is 1. The maximum Gasteiger partial charge on any atom is 0.251 e. The molecule has 0 radical (unpaired) electrons. The SMILES string of the molecule is CCc1cc2ccc(CN3CCN(C(=O)C(C)C)CC3)cc2[nH]c1=O. The number of piperazine rings is 1. The van der Waals surface area contributed by atoms with Gasteiger partial charge in [0.1, 0.15) is 0 Å². The highest BCUT2D eigenvalue weighted by Crippen LogP contribution is 2.16. The number of carbonyl (C=O) groups excluding carboxylic acids is 1. The molecule has 0 atom stereocenters. The lowest BCUT2D eigenvalue weighted by molar-refractivity contribution is -0.136. The second-order valence-electron chi connectivity index (χ2n) is 7.15. The third kappa shape index (κ3) is 3.93. The van der Waals surface area contributed by atoms with E-state index >= 15 is 0 Å². The molecule has 1 fully saturated rings. The lowest BCUT2D eigenvalue weighted by atomic mass is 10.1. The average molecular weight is 341 g/mol. The van der Waals surface area contributed by atoms with Crippen LogP contribution in [0.5, 0.6) is 0 Å². The smallest absolute Gasteiger partial charge is 0.251 e. The van der Waals surface area contributed by atoms with Gasteiger partial charge < -0.3 is 9.88 Å². The van der Waals surface area contributed by atoms with Crippen molar-refractivity contribution in [3.8, 4) is 0 Å². The van der Waals surface area contributed by atoms with E-state index in [4.69, 9.17) is 0 Å². The number of aryl methyl sites for hydroxylation is 1. The monoisotopic (exact) mass is 341 g/mol. The van der Waals surface area contributed by atoms with E-state index in [0.29, 0.717) is 0 Å². The molecule has 1 N–H and O–H groups in total. The molecule has 2 aromatic rings. The van der Waals surface area contributed by atoms with Crippen molar-refractivity contribution in [2.24, 2.45) is 5.92 Å². The zero-order valence-electron chi connectivity index (χ0n) is 15.3. The van der Waals surface area contributed by atoms with Crippen LogP contribution in [-0.2, 0) is 17.8 Å². The Bertz CT molecular complexity index is 817. The number of fused-ring (bicyclic) bond motifs is 1. The van der Waals surface area contributed by atoms with Crippen molar-refractivity contribution >= 4 is 16.8 Å². The number of hydrogen-bond donors (Lipinski definition) is 1. The standard InChI is InChI=1S/C20H27N3O2/c1-4-16-12-17-6-5-15(11-18(17)21-19(16)24)13-22-7-9-23(10-8-22)20(25)14(2)3/h5-6,11-12,14H,4,7-10,13H2,1-3H3,(H,21,24). The minimum atomic E-state index is 0.00737. The van der Waals surface area contributed by atoms with Gasteiger partial charge in [-0.25, -0.2) is 0 Å². The first-order valence-electron chi connectivity index (χ1n) is 9.14. The summed E-state index contributed by atoms with van der Waals surface area (Å²) in [6.07, 6.45) is 0.742. The van der Waals surface area contributed by atoms with Gasteiger partial charge in [0.05, 0.1) is 0 Å². The molecular weight excluding hydrogens is 314 g/mol. The van der Waals surface area contributed by atoms with Gasteiger partial charge in [0, 0.05) is 49.7 Å². The molecule has 1 aliphatic heterocycles. The van der Waals surface area contributed by atoms with E-state index in [0.717, 1.165) is 55.6 Å². The Morgan fingerprint density at radius 3 is 2.52 bits per heavy atom. The molecule has 1 saturated heterocycles. The van der Waals surface area contributed by atoms with Gasteiger partial charge in [-0.1, -0.05) is 32.9 Å². The first-order valence-corrected chi connectivity index (χ1v) is 9.14. The van der Waals surface area contributed by atoms with Crippen LogP contribution in [0.2, 0.25) is 0 Å². The maximum absolute atomic E-state index is 12.1. The molecule has 1 aromatic carbocycles. The topological polar surface area (TPSA) is 56.4 Å². The molecule has 1 aromatic heterocycles. The summed E-state index contributed by atoms with van der Waals surface area (Å²) in [5.74, 6) is 0.312. The van der Waals surface area contributed by atoms with E-state index in [1.165, 1.54) is 5.56 Å². The van der Waals surface area contributed by atoms with Crippen molar-refractivity contribution in [1.82, 2.24) is 14.8 Å². The van der Waals surface area contributed by atoms with E-state index in [9.17, 15) is 9.59 Å². The van der Waals surface area contributed by atoms with Crippen LogP contribution in [0.4, 0.5) is 0 Å². The molecule has 1 aliphatic rings. The molecule has 5 nitrogen and oxygen atoms in total. The fourth-order valence-electron chi connectivity index (χ4n) is 3.40. The summed E-state index contributed by atoms with van der Waals surface area (Å²) in [5.41, 5.74) is 2.92. The van der Waals surface area contributed by atoms with Crippen molar-refractivity contribution in [1.29, 1.82) is 0 Å². The van der Waals surface area contributed by atoms with Crippen LogP contribution < -0.4 is 5.56 Å². The van der Waals surface area contributed by atoms with Crippen LogP contribution in [-0.4, -0.2) is 46.9 Å². The highest BCUT2D eigenvalue weighted by molar-refractivity contribution is 5.79. The number of hydrogen-bond acceptors (Lipinski definition) is 3. The third-order valence-electron chi connectivity index (χ3n) is 4.95. The minimum Gasteiger partial charge on any atom is -0.340 e. The first-order chi connectivity index (χ1) is 12.0. The average Bonchev–Trinajstić information content (AvgIpc) is 2.61. The van der Waals surface area contributed by atoms with Crippen molar-refractivity contribution in [3.63, 3.8) is 0 Å². The summed E-state index contributed by atoms with van der Waals surface area (Å²) in [6, 6.07) is 8.26. The Hall–Kier alpha value is -2.14. The molecular formula is C20H27N3O2. The van der Waals surface area contributed by atoms with Crippen molar-refractivity contribution in [2.75, 3.05) is 26.2 Å². The van der Waals surface area contributed by atoms with E-state index in [2.05, 4.69) is 28.1 Å². The van der Waals surface area contributed by atoms with E-state index in [1.54, 1.807) is 0 Å². The molecule has 0 bridgehead atoms. The van der Waals surface area contributed by atoms with Crippen LogP contribution in [0.25, 0.3) is 10.9 Å². The zero-order chi connectivity index (χ0) is 18.0. The summed E-state index contributed by atoms with van der Waals surface area (Å²) < 4.78 is 0. The van der Waals surface area contributed by atoms with Crippen LogP contribution in [0, 0.1) is 5.92 Å². The number of carbonyl (C=O) groups is 1. The number of benzene rings is 1. The van der Waals surface area contributed by atoms with E-state index < -0.39 is 0 Å². The zero-order valence-corrected chi connectivity index (χ0v) is 15.3. The Balaban J connectivity index is 1.68. The number of aromatic nitrogens is 1. The number of pyridine rings is 1. The van der Waals surface area contributed by atoms with Crippen LogP contribution in [0.15, 0.2) is 29.1 Å². The van der Waals surface area contributed by atoms with Gasteiger partial charge in [0.25, 0.3) is 5.56 Å². The summed E-state index contributed by atoms with van der Waals surface area (Å²) in [5, 5.41) is 1.08. The number of H-pyrrole nitrogens is 1. The molecule has 5 heteroatoms. The lowest BCUT2D eigenvalue weighted by Crippen LogP contribution is -2.49. The van der Waals surface area contributed by atoms with Gasteiger partial charge in [-0.15, -0.1) is 0 Å². The number of nitrogens with one attached hydrogen (secondary N) is 1. The fraction of sp³-hybridized carbons (Fsp3) is 0.500. The second-order valence-corrected chi connectivity index (χ2v) is 7.15. The van der Waals surface area contributed by atoms with E-state index in [-0.39, 0.29) is 17.4 Å². The van der Waals surface area contributed by atoms with Gasteiger partial charge in [0.2, 0.25) is 5.91 Å². The lowest BCUT2D eigenvalue weighted by Gasteiger charge is -2.35.